The van der Waals surface area contributed by atoms with E-state index in [0.29, 0.717) is 31.6 Å². The van der Waals surface area contributed by atoms with Gasteiger partial charge >= 0.3 is 0 Å². The molecule has 1 heterocycles. The van der Waals surface area contributed by atoms with Gasteiger partial charge in [-0.3, -0.25) is 4.99 Å². The van der Waals surface area contributed by atoms with E-state index >= 15 is 0 Å². The van der Waals surface area contributed by atoms with Crippen molar-refractivity contribution >= 4 is 5.96 Å². The Kier molecular flexibility index (Phi) is 8.39. The summed E-state index contributed by atoms with van der Waals surface area (Å²) in [5.41, 5.74) is 2.12. The van der Waals surface area contributed by atoms with Gasteiger partial charge in [-0.05, 0) is 44.0 Å². The standard InChI is InChI=1S/C21H30N4O3/c1-6-27-18-10-9-17(12-19(18)28-7-2)15(3)25-21(22-4)24-14-16-8-11-20(26-5)23-13-16/h8-13,15H,6-7,14H2,1-5H3,(H2,22,24,25). The van der Waals surface area contributed by atoms with E-state index in [2.05, 4.69) is 27.5 Å². The third-order valence-electron chi connectivity index (χ3n) is 4.11. The van der Waals surface area contributed by atoms with Gasteiger partial charge in [0.05, 0.1) is 26.4 Å². The summed E-state index contributed by atoms with van der Waals surface area (Å²) in [7, 11) is 3.35. The predicted molar refractivity (Wildman–Crippen MR) is 111 cm³/mol. The fraction of sp³-hybridized carbons (Fsp3) is 0.429. The molecule has 0 spiro atoms. The summed E-state index contributed by atoms with van der Waals surface area (Å²) in [5.74, 6) is 2.81. The van der Waals surface area contributed by atoms with E-state index in [0.717, 1.165) is 22.6 Å². The van der Waals surface area contributed by atoms with Crippen molar-refractivity contribution in [1.82, 2.24) is 15.6 Å². The molecule has 2 rings (SSSR count). The van der Waals surface area contributed by atoms with Crippen LogP contribution in [0, 0.1) is 0 Å². The van der Waals surface area contributed by atoms with Crippen LogP contribution >= 0.6 is 0 Å². The minimum absolute atomic E-state index is 0.0371. The van der Waals surface area contributed by atoms with Crippen LogP contribution in [0.15, 0.2) is 41.5 Å². The molecule has 0 fully saturated rings. The van der Waals surface area contributed by atoms with Gasteiger partial charge in [0.1, 0.15) is 0 Å². The summed E-state index contributed by atoms with van der Waals surface area (Å²) in [6, 6.07) is 9.83. The number of hydrogen-bond acceptors (Lipinski definition) is 5. The van der Waals surface area contributed by atoms with Crippen molar-refractivity contribution in [2.24, 2.45) is 4.99 Å². The second-order valence-corrected chi connectivity index (χ2v) is 6.07. The highest BCUT2D eigenvalue weighted by molar-refractivity contribution is 5.80. The van der Waals surface area contributed by atoms with Crippen molar-refractivity contribution in [1.29, 1.82) is 0 Å². The Bertz CT molecular complexity index is 763. The van der Waals surface area contributed by atoms with Crippen molar-refractivity contribution in [3.05, 3.63) is 47.7 Å². The Hall–Kier alpha value is -2.96. The van der Waals surface area contributed by atoms with Crippen LogP contribution in [0.3, 0.4) is 0 Å². The highest BCUT2D eigenvalue weighted by Crippen LogP contribution is 2.30. The van der Waals surface area contributed by atoms with Crippen LogP contribution in [0.5, 0.6) is 17.4 Å². The number of benzene rings is 1. The zero-order valence-corrected chi connectivity index (χ0v) is 17.3. The largest absolute Gasteiger partial charge is 0.490 e. The topological polar surface area (TPSA) is 77.0 Å². The van der Waals surface area contributed by atoms with Crippen LogP contribution in [0.25, 0.3) is 0 Å². The maximum Gasteiger partial charge on any atom is 0.212 e. The Morgan fingerprint density at radius 3 is 2.46 bits per heavy atom. The maximum absolute atomic E-state index is 5.72. The third-order valence-corrected chi connectivity index (χ3v) is 4.11. The normalized spacial score (nSPS) is 12.2. The summed E-state index contributed by atoms with van der Waals surface area (Å²) in [4.78, 5) is 8.51. The molecule has 0 aliphatic rings. The lowest BCUT2D eigenvalue weighted by Gasteiger charge is -2.20. The van der Waals surface area contributed by atoms with E-state index in [-0.39, 0.29) is 6.04 Å². The van der Waals surface area contributed by atoms with Crippen LogP contribution in [0.1, 0.15) is 37.9 Å². The number of rotatable bonds is 9. The Balaban J connectivity index is 2.00. The molecule has 0 bridgehead atoms. The van der Waals surface area contributed by atoms with Gasteiger partial charge in [0.25, 0.3) is 0 Å². The molecule has 0 saturated carbocycles. The quantitative estimate of drug-likeness (QED) is 0.509. The van der Waals surface area contributed by atoms with Gasteiger partial charge < -0.3 is 24.8 Å². The fourth-order valence-electron chi connectivity index (χ4n) is 2.64. The average molecular weight is 386 g/mol. The molecule has 0 aliphatic heterocycles. The number of ether oxygens (including phenoxy) is 3. The molecule has 152 valence electrons. The van der Waals surface area contributed by atoms with Gasteiger partial charge in [-0.25, -0.2) is 4.98 Å². The molecule has 2 N–H and O–H groups in total. The van der Waals surface area contributed by atoms with Gasteiger partial charge in [-0.15, -0.1) is 0 Å². The third kappa shape index (κ3) is 6.04. The molecule has 0 aliphatic carbocycles. The van der Waals surface area contributed by atoms with E-state index in [1.165, 1.54) is 0 Å². The first-order valence-electron chi connectivity index (χ1n) is 9.46. The number of pyridine rings is 1. The van der Waals surface area contributed by atoms with Crippen molar-refractivity contribution in [3.8, 4) is 17.4 Å². The number of nitrogens with one attached hydrogen (secondary N) is 2. The minimum Gasteiger partial charge on any atom is -0.490 e. The molecule has 7 heteroatoms. The van der Waals surface area contributed by atoms with Crippen molar-refractivity contribution in [2.45, 2.75) is 33.4 Å². The highest BCUT2D eigenvalue weighted by atomic mass is 16.5. The van der Waals surface area contributed by atoms with Crippen molar-refractivity contribution in [2.75, 3.05) is 27.4 Å². The van der Waals surface area contributed by atoms with Crippen LogP contribution in [0.4, 0.5) is 0 Å². The highest BCUT2D eigenvalue weighted by Gasteiger charge is 2.12. The first kappa shape index (κ1) is 21.3. The molecular weight excluding hydrogens is 356 g/mol. The summed E-state index contributed by atoms with van der Waals surface area (Å²) >= 11 is 0. The number of aliphatic imine (C=N–C) groups is 1. The molecule has 28 heavy (non-hydrogen) atoms. The monoisotopic (exact) mass is 386 g/mol. The molecule has 0 amide bonds. The number of guanidine groups is 1. The summed E-state index contributed by atoms with van der Waals surface area (Å²) < 4.78 is 16.4. The minimum atomic E-state index is 0.0371. The summed E-state index contributed by atoms with van der Waals surface area (Å²) in [5, 5.41) is 6.69. The molecule has 2 aromatic rings. The molecule has 1 atom stereocenters. The lowest BCUT2D eigenvalue weighted by atomic mass is 10.1. The summed E-state index contributed by atoms with van der Waals surface area (Å²) in [6.45, 7) is 7.80. The lowest BCUT2D eigenvalue weighted by Crippen LogP contribution is -2.38. The first-order chi connectivity index (χ1) is 13.6. The molecule has 1 aromatic carbocycles. The second-order valence-electron chi connectivity index (χ2n) is 6.07. The fourth-order valence-corrected chi connectivity index (χ4v) is 2.64. The lowest BCUT2D eigenvalue weighted by molar-refractivity contribution is 0.287. The van der Waals surface area contributed by atoms with E-state index < -0.39 is 0 Å². The van der Waals surface area contributed by atoms with Gasteiger partial charge in [0.15, 0.2) is 17.5 Å². The summed E-state index contributed by atoms with van der Waals surface area (Å²) in [6.07, 6.45) is 1.78. The van der Waals surface area contributed by atoms with Crippen LogP contribution in [0.2, 0.25) is 0 Å². The smallest absolute Gasteiger partial charge is 0.212 e. The van der Waals surface area contributed by atoms with E-state index in [1.807, 2.05) is 44.2 Å². The SMILES string of the molecule is CCOc1ccc(C(C)NC(=NC)NCc2ccc(OC)nc2)cc1OCC. The molecular formula is C21H30N4O3. The van der Waals surface area contributed by atoms with Crippen LogP contribution < -0.4 is 24.8 Å². The molecule has 0 radical (unpaired) electrons. The van der Waals surface area contributed by atoms with E-state index in [4.69, 9.17) is 14.2 Å². The van der Waals surface area contributed by atoms with Gasteiger partial charge in [-0.1, -0.05) is 12.1 Å². The Labute approximate surface area is 167 Å². The van der Waals surface area contributed by atoms with E-state index in [1.54, 1.807) is 20.4 Å². The first-order valence-corrected chi connectivity index (χ1v) is 9.46. The van der Waals surface area contributed by atoms with Gasteiger partial charge in [0.2, 0.25) is 5.88 Å². The Morgan fingerprint density at radius 2 is 1.86 bits per heavy atom. The average Bonchev–Trinajstić information content (AvgIpc) is 2.72. The Morgan fingerprint density at radius 1 is 1.11 bits per heavy atom. The second kappa shape index (κ2) is 11.0. The molecule has 7 nitrogen and oxygen atoms in total. The number of nitrogens with zero attached hydrogens (tertiary/aromatic N) is 2. The maximum atomic E-state index is 5.72. The zero-order chi connectivity index (χ0) is 20.4. The van der Waals surface area contributed by atoms with Crippen molar-refractivity contribution in [3.63, 3.8) is 0 Å². The van der Waals surface area contributed by atoms with Gasteiger partial charge in [-0.2, -0.15) is 0 Å². The zero-order valence-electron chi connectivity index (χ0n) is 17.3. The van der Waals surface area contributed by atoms with Crippen molar-refractivity contribution < 1.29 is 14.2 Å². The predicted octanol–water partition coefficient (Wildman–Crippen LogP) is 3.31. The molecule has 0 saturated heterocycles. The van der Waals surface area contributed by atoms with Crippen LogP contribution in [-0.2, 0) is 6.54 Å². The van der Waals surface area contributed by atoms with Crippen LogP contribution in [-0.4, -0.2) is 38.3 Å². The molecule has 1 unspecified atom stereocenters. The molecule has 1 aromatic heterocycles. The number of hydrogen-bond donors (Lipinski definition) is 2. The van der Waals surface area contributed by atoms with E-state index in [9.17, 15) is 0 Å². The number of methoxy groups -OCH3 is 1. The number of aromatic nitrogens is 1. The van der Waals surface area contributed by atoms with Gasteiger partial charge in [0, 0.05) is 25.9 Å².